The largest absolute Gasteiger partial charge is 0.488 e. The van der Waals surface area contributed by atoms with Crippen molar-refractivity contribution in [2.45, 2.75) is 18.9 Å². The van der Waals surface area contributed by atoms with Crippen LogP contribution in [0.25, 0.3) is 21.9 Å². The fourth-order valence-corrected chi connectivity index (χ4v) is 3.91. The minimum atomic E-state index is -0.598. The molecule has 2 aromatic heterocycles. The van der Waals surface area contributed by atoms with Gasteiger partial charge in [0.2, 0.25) is 0 Å². The molecule has 3 heterocycles. The highest BCUT2D eigenvalue weighted by Crippen LogP contribution is 2.26. The van der Waals surface area contributed by atoms with Gasteiger partial charge in [0.15, 0.2) is 0 Å². The first-order valence-electron chi connectivity index (χ1n) is 10.0. The Morgan fingerprint density at radius 1 is 1.00 bits per heavy atom. The molecule has 150 valence electrons. The molecule has 1 fully saturated rings. The predicted molar refractivity (Wildman–Crippen MR) is 114 cm³/mol. The van der Waals surface area contributed by atoms with Gasteiger partial charge < -0.3 is 14.1 Å². The van der Waals surface area contributed by atoms with Crippen molar-refractivity contribution in [2.75, 3.05) is 13.1 Å². The monoisotopic (exact) mass is 400 g/mol. The highest BCUT2D eigenvalue weighted by molar-refractivity contribution is 5.96. The van der Waals surface area contributed by atoms with E-state index in [1.807, 2.05) is 42.5 Å². The van der Waals surface area contributed by atoms with E-state index in [4.69, 9.17) is 9.15 Å². The van der Waals surface area contributed by atoms with E-state index in [0.717, 1.165) is 22.0 Å². The molecule has 1 aliphatic heterocycles. The molecule has 30 heavy (non-hydrogen) atoms. The van der Waals surface area contributed by atoms with E-state index in [-0.39, 0.29) is 17.6 Å². The molecule has 1 aliphatic rings. The van der Waals surface area contributed by atoms with Crippen molar-refractivity contribution >= 4 is 27.8 Å². The number of hydrogen-bond acceptors (Lipinski definition) is 5. The van der Waals surface area contributed by atoms with E-state index in [2.05, 4.69) is 4.98 Å². The smallest absolute Gasteiger partial charge is 0.349 e. The van der Waals surface area contributed by atoms with Gasteiger partial charge in [-0.2, -0.15) is 0 Å². The molecule has 6 nitrogen and oxygen atoms in total. The topological polar surface area (TPSA) is 72.6 Å². The number of likely N-dealkylation sites (tertiary alicyclic amines) is 1. The second kappa shape index (κ2) is 7.63. The minimum Gasteiger partial charge on any atom is -0.488 e. The molecule has 6 heteroatoms. The van der Waals surface area contributed by atoms with Gasteiger partial charge in [0, 0.05) is 42.9 Å². The Hall–Kier alpha value is -3.67. The van der Waals surface area contributed by atoms with Crippen LogP contribution in [0.2, 0.25) is 0 Å². The van der Waals surface area contributed by atoms with Gasteiger partial charge in [-0.05, 0) is 24.3 Å². The molecule has 0 spiro atoms. The lowest BCUT2D eigenvalue weighted by atomic mass is 10.1. The molecule has 0 radical (unpaired) electrons. The molecule has 4 aromatic rings. The summed E-state index contributed by atoms with van der Waals surface area (Å²) in [7, 11) is 0. The van der Waals surface area contributed by atoms with Crippen molar-refractivity contribution in [1.29, 1.82) is 0 Å². The number of benzene rings is 2. The van der Waals surface area contributed by atoms with Crippen molar-refractivity contribution in [3.63, 3.8) is 0 Å². The van der Waals surface area contributed by atoms with Gasteiger partial charge in [-0.3, -0.25) is 9.78 Å². The number of amides is 1. The first-order valence-corrected chi connectivity index (χ1v) is 10.0. The zero-order valence-corrected chi connectivity index (χ0v) is 16.3. The van der Waals surface area contributed by atoms with Gasteiger partial charge >= 0.3 is 5.63 Å². The van der Waals surface area contributed by atoms with Crippen molar-refractivity contribution in [3.8, 4) is 5.75 Å². The van der Waals surface area contributed by atoms with E-state index in [9.17, 15) is 9.59 Å². The third-order valence-corrected chi connectivity index (χ3v) is 5.49. The van der Waals surface area contributed by atoms with E-state index in [0.29, 0.717) is 31.5 Å². The summed E-state index contributed by atoms with van der Waals surface area (Å²) in [5.74, 6) is 0.466. The van der Waals surface area contributed by atoms with Crippen LogP contribution in [0, 0.1) is 0 Å². The first-order chi connectivity index (χ1) is 14.7. The maximum atomic E-state index is 12.9. The number of piperidine rings is 1. The van der Waals surface area contributed by atoms with E-state index >= 15 is 0 Å². The van der Waals surface area contributed by atoms with E-state index < -0.39 is 5.63 Å². The fraction of sp³-hybridized carbons (Fsp3) is 0.208. The van der Waals surface area contributed by atoms with Crippen LogP contribution in [0.1, 0.15) is 23.2 Å². The molecule has 0 aliphatic carbocycles. The maximum Gasteiger partial charge on any atom is 0.349 e. The number of fused-ring (bicyclic) bond motifs is 2. The van der Waals surface area contributed by atoms with Gasteiger partial charge in [0.05, 0.1) is 0 Å². The van der Waals surface area contributed by atoms with E-state index in [1.165, 1.54) is 0 Å². The van der Waals surface area contributed by atoms with E-state index in [1.54, 1.807) is 29.3 Å². The third kappa shape index (κ3) is 3.41. The number of pyridine rings is 1. The van der Waals surface area contributed by atoms with Crippen LogP contribution < -0.4 is 10.4 Å². The molecule has 5 rings (SSSR count). The molecular weight excluding hydrogens is 380 g/mol. The number of ether oxygens (including phenoxy) is 1. The number of carbonyl (C=O) groups excluding carboxylic acids is 1. The van der Waals surface area contributed by atoms with Gasteiger partial charge in [0.1, 0.15) is 28.5 Å². The Balaban J connectivity index is 1.29. The first kappa shape index (κ1) is 18.4. The number of carbonyl (C=O) groups is 1. The summed E-state index contributed by atoms with van der Waals surface area (Å²) >= 11 is 0. The summed E-state index contributed by atoms with van der Waals surface area (Å²) < 4.78 is 11.5. The number of para-hydroxylation sites is 2. The number of rotatable bonds is 3. The summed E-state index contributed by atoms with van der Waals surface area (Å²) in [6, 6.07) is 18.6. The summed E-state index contributed by atoms with van der Waals surface area (Å²) in [6.45, 7) is 1.04. The standard InChI is InChI=1S/C24H20N2O4/c27-23(19-15-17-5-1-2-8-20(17)30-24(19)28)26-13-10-18(11-14-26)29-21-9-3-6-16-7-4-12-25-22(16)21/h1-9,12,15,18H,10-11,13-14H2. The van der Waals surface area contributed by atoms with Gasteiger partial charge in [0.25, 0.3) is 5.91 Å². The maximum absolute atomic E-state index is 12.9. The molecule has 1 saturated heterocycles. The fourth-order valence-electron chi connectivity index (χ4n) is 3.91. The summed E-state index contributed by atoms with van der Waals surface area (Å²) in [5.41, 5.74) is 0.798. The normalized spacial score (nSPS) is 14.9. The average Bonchev–Trinajstić information content (AvgIpc) is 2.79. The van der Waals surface area contributed by atoms with Crippen molar-refractivity contribution in [1.82, 2.24) is 9.88 Å². The van der Waals surface area contributed by atoms with Crippen molar-refractivity contribution in [2.24, 2.45) is 0 Å². The summed E-state index contributed by atoms with van der Waals surface area (Å²) in [5, 5.41) is 1.77. The summed E-state index contributed by atoms with van der Waals surface area (Å²) in [6.07, 6.45) is 3.13. The second-order valence-corrected chi connectivity index (χ2v) is 7.43. The van der Waals surface area contributed by atoms with Crippen molar-refractivity contribution in [3.05, 3.63) is 82.8 Å². The lowest BCUT2D eigenvalue weighted by molar-refractivity contribution is 0.0594. The highest BCUT2D eigenvalue weighted by atomic mass is 16.5. The highest BCUT2D eigenvalue weighted by Gasteiger charge is 2.27. The zero-order chi connectivity index (χ0) is 20.5. The van der Waals surface area contributed by atoms with Gasteiger partial charge in [-0.25, -0.2) is 4.79 Å². The number of aromatic nitrogens is 1. The quantitative estimate of drug-likeness (QED) is 0.486. The van der Waals surface area contributed by atoms with Crippen LogP contribution in [0.4, 0.5) is 0 Å². The summed E-state index contributed by atoms with van der Waals surface area (Å²) in [4.78, 5) is 31.3. The number of hydrogen-bond donors (Lipinski definition) is 0. The Morgan fingerprint density at radius 2 is 1.77 bits per heavy atom. The van der Waals surface area contributed by atoms with Gasteiger partial charge in [-0.1, -0.05) is 36.4 Å². The van der Waals surface area contributed by atoms with Crippen LogP contribution in [0.3, 0.4) is 0 Å². The molecule has 0 saturated carbocycles. The van der Waals surface area contributed by atoms with Gasteiger partial charge in [-0.15, -0.1) is 0 Å². The SMILES string of the molecule is O=C(c1cc2ccccc2oc1=O)N1CCC(Oc2cccc3cccnc23)CC1. The van der Waals surface area contributed by atoms with Crippen LogP contribution in [-0.2, 0) is 0 Å². The Kier molecular flexibility index (Phi) is 4.67. The number of nitrogens with zero attached hydrogens (tertiary/aromatic N) is 2. The molecule has 1 amide bonds. The molecule has 0 unspecified atom stereocenters. The Bertz CT molecular complexity index is 1280. The molecule has 0 bridgehead atoms. The zero-order valence-electron chi connectivity index (χ0n) is 16.3. The average molecular weight is 400 g/mol. The predicted octanol–water partition coefficient (Wildman–Crippen LogP) is 4.02. The molecule has 2 aromatic carbocycles. The minimum absolute atomic E-state index is 0.00494. The molecule has 0 atom stereocenters. The van der Waals surface area contributed by atoms with Crippen molar-refractivity contribution < 1.29 is 13.9 Å². The molecular formula is C24H20N2O4. The lowest BCUT2D eigenvalue weighted by Gasteiger charge is -2.32. The molecule has 0 N–H and O–H groups in total. The third-order valence-electron chi connectivity index (χ3n) is 5.49. The lowest BCUT2D eigenvalue weighted by Crippen LogP contribution is -2.43. The second-order valence-electron chi connectivity index (χ2n) is 7.43. The Morgan fingerprint density at radius 3 is 2.63 bits per heavy atom. The Labute approximate surface area is 172 Å². The van der Waals surface area contributed by atoms with Crippen LogP contribution in [-0.4, -0.2) is 35.0 Å². The van der Waals surface area contributed by atoms with Crippen LogP contribution >= 0.6 is 0 Å². The van der Waals surface area contributed by atoms with Crippen LogP contribution in [0.15, 0.2) is 76.1 Å². The van der Waals surface area contributed by atoms with Crippen LogP contribution in [0.5, 0.6) is 5.75 Å².